The molecule has 0 saturated carbocycles. The van der Waals surface area contributed by atoms with Gasteiger partial charge in [0.2, 0.25) is 0 Å². The van der Waals surface area contributed by atoms with Crippen LogP contribution in [0.3, 0.4) is 0 Å². The quantitative estimate of drug-likeness (QED) is 0.459. The largest absolute Gasteiger partial charge is 0.371 e. The SMILES string of the molecule is Nc1nnnn1/N=C/c1cc([N+](=O)[O-])c(N2CCCCC2)cc1N1CCCCC1. The zero-order valence-corrected chi connectivity index (χ0v) is 16.3. The molecule has 2 aliphatic heterocycles. The standard InChI is InChI=1S/C18H25N9O2/c19-18-21-22-23-26(18)20-13-14-11-17(27(28)29)16(25-9-5-2-6-10-25)12-15(14)24-7-3-1-4-8-24/h11-13H,1-10H2,(H2,19,21,23)/b20-13+. The number of nitrogens with two attached hydrogens (primary N) is 1. The summed E-state index contributed by atoms with van der Waals surface area (Å²) in [6, 6.07) is 3.57. The molecular weight excluding hydrogens is 374 g/mol. The highest BCUT2D eigenvalue weighted by Gasteiger charge is 2.26. The van der Waals surface area contributed by atoms with E-state index in [1.54, 1.807) is 12.3 Å². The molecule has 2 aliphatic rings. The fourth-order valence-electron chi connectivity index (χ4n) is 4.02. The second-order valence-corrected chi connectivity index (χ2v) is 7.42. The lowest BCUT2D eigenvalue weighted by Gasteiger charge is -2.33. The highest BCUT2D eigenvalue weighted by atomic mass is 16.6. The molecule has 3 heterocycles. The summed E-state index contributed by atoms with van der Waals surface area (Å²) < 4.78 is 0. The molecule has 1 aromatic heterocycles. The summed E-state index contributed by atoms with van der Waals surface area (Å²) in [5.74, 6) is 0.0557. The van der Waals surface area contributed by atoms with Crippen molar-refractivity contribution in [1.82, 2.24) is 20.3 Å². The maximum atomic E-state index is 11.9. The smallest absolute Gasteiger partial charge is 0.293 e. The Morgan fingerprint density at radius 3 is 2.17 bits per heavy atom. The molecule has 0 amide bonds. The number of hydrogen-bond acceptors (Lipinski definition) is 9. The first-order valence-electron chi connectivity index (χ1n) is 10.0. The lowest BCUT2D eigenvalue weighted by Crippen LogP contribution is -2.32. The van der Waals surface area contributed by atoms with Crippen LogP contribution in [0.1, 0.15) is 44.1 Å². The van der Waals surface area contributed by atoms with Crippen molar-refractivity contribution >= 4 is 29.2 Å². The van der Waals surface area contributed by atoms with Crippen LogP contribution >= 0.6 is 0 Å². The second kappa shape index (κ2) is 8.41. The van der Waals surface area contributed by atoms with E-state index in [0.29, 0.717) is 11.3 Å². The first kappa shape index (κ1) is 19.1. The van der Waals surface area contributed by atoms with Crippen LogP contribution in [0.4, 0.5) is 23.0 Å². The van der Waals surface area contributed by atoms with Gasteiger partial charge in [-0.1, -0.05) is 9.89 Å². The van der Waals surface area contributed by atoms with E-state index in [4.69, 9.17) is 5.73 Å². The van der Waals surface area contributed by atoms with Crippen molar-refractivity contribution in [3.05, 3.63) is 27.8 Å². The molecule has 2 N–H and O–H groups in total. The van der Waals surface area contributed by atoms with Crippen LogP contribution < -0.4 is 15.5 Å². The van der Waals surface area contributed by atoms with Gasteiger partial charge in [-0.3, -0.25) is 10.1 Å². The third kappa shape index (κ3) is 4.13. The minimum atomic E-state index is -0.313. The van der Waals surface area contributed by atoms with E-state index in [-0.39, 0.29) is 16.6 Å². The fourth-order valence-corrected chi connectivity index (χ4v) is 4.02. The molecule has 2 fully saturated rings. The summed E-state index contributed by atoms with van der Waals surface area (Å²) in [4.78, 5) is 17.1. The van der Waals surface area contributed by atoms with Crippen LogP contribution in [0.15, 0.2) is 17.2 Å². The molecule has 29 heavy (non-hydrogen) atoms. The predicted octanol–water partition coefficient (Wildman–Crippen LogP) is 2.03. The van der Waals surface area contributed by atoms with E-state index in [2.05, 4.69) is 30.4 Å². The molecular formula is C18H25N9O2. The van der Waals surface area contributed by atoms with Crippen LogP contribution in [0.5, 0.6) is 0 Å². The Morgan fingerprint density at radius 1 is 1.00 bits per heavy atom. The van der Waals surface area contributed by atoms with Crippen molar-refractivity contribution in [2.75, 3.05) is 41.7 Å². The maximum Gasteiger partial charge on any atom is 0.293 e. The molecule has 0 radical (unpaired) electrons. The summed E-state index contributed by atoms with van der Waals surface area (Å²) in [6.07, 6.45) is 8.23. The summed E-state index contributed by atoms with van der Waals surface area (Å²) in [5.41, 5.74) is 8.07. The molecule has 2 saturated heterocycles. The molecule has 154 valence electrons. The van der Waals surface area contributed by atoms with Gasteiger partial charge in [0.05, 0.1) is 11.1 Å². The summed E-state index contributed by atoms with van der Waals surface area (Å²) in [7, 11) is 0. The summed E-state index contributed by atoms with van der Waals surface area (Å²) in [5, 5.41) is 26.8. The van der Waals surface area contributed by atoms with Gasteiger partial charge >= 0.3 is 0 Å². The molecule has 0 unspecified atom stereocenters. The lowest BCUT2D eigenvalue weighted by atomic mass is 10.0. The number of nitrogen functional groups attached to an aromatic ring is 1. The van der Waals surface area contributed by atoms with Gasteiger partial charge in [0.25, 0.3) is 11.6 Å². The average Bonchev–Trinajstić information content (AvgIpc) is 3.17. The number of anilines is 3. The lowest BCUT2D eigenvalue weighted by molar-refractivity contribution is -0.384. The third-order valence-corrected chi connectivity index (χ3v) is 5.50. The zero-order valence-electron chi connectivity index (χ0n) is 16.3. The minimum Gasteiger partial charge on any atom is -0.371 e. The fraction of sp³-hybridized carbons (Fsp3) is 0.556. The van der Waals surface area contributed by atoms with Crippen LogP contribution in [0.25, 0.3) is 0 Å². The third-order valence-electron chi connectivity index (χ3n) is 5.50. The number of tetrazole rings is 1. The van der Waals surface area contributed by atoms with Crippen LogP contribution in [-0.4, -0.2) is 57.6 Å². The highest BCUT2D eigenvalue weighted by Crippen LogP contribution is 2.37. The van der Waals surface area contributed by atoms with Crippen LogP contribution in [0, 0.1) is 10.1 Å². The Kier molecular flexibility index (Phi) is 5.54. The minimum absolute atomic E-state index is 0.0557. The van der Waals surface area contributed by atoms with Gasteiger partial charge in [0, 0.05) is 43.5 Å². The van der Waals surface area contributed by atoms with Crippen LogP contribution in [-0.2, 0) is 0 Å². The van der Waals surface area contributed by atoms with E-state index < -0.39 is 0 Å². The molecule has 0 atom stereocenters. The van der Waals surface area contributed by atoms with E-state index >= 15 is 0 Å². The normalized spacial score (nSPS) is 17.8. The first-order chi connectivity index (χ1) is 14.1. The number of rotatable bonds is 5. The molecule has 0 aliphatic carbocycles. The second-order valence-electron chi connectivity index (χ2n) is 7.42. The monoisotopic (exact) mass is 399 g/mol. The molecule has 4 rings (SSSR count). The number of aromatic nitrogens is 4. The Labute approximate surface area is 168 Å². The predicted molar refractivity (Wildman–Crippen MR) is 110 cm³/mol. The van der Waals surface area contributed by atoms with Crippen molar-refractivity contribution in [1.29, 1.82) is 0 Å². The number of nitro benzene ring substituents is 1. The van der Waals surface area contributed by atoms with Gasteiger partial charge in [-0.25, -0.2) is 0 Å². The van der Waals surface area contributed by atoms with Crippen molar-refractivity contribution < 1.29 is 4.92 Å². The number of nitrogens with zero attached hydrogens (tertiary/aromatic N) is 8. The Balaban J connectivity index is 1.78. The Hall–Kier alpha value is -3.24. The van der Waals surface area contributed by atoms with Gasteiger partial charge in [0.15, 0.2) is 0 Å². The first-order valence-corrected chi connectivity index (χ1v) is 10.0. The van der Waals surface area contributed by atoms with Gasteiger partial charge in [-0.2, -0.15) is 5.10 Å². The molecule has 0 spiro atoms. The van der Waals surface area contributed by atoms with E-state index in [1.165, 1.54) is 12.8 Å². The molecule has 11 nitrogen and oxygen atoms in total. The van der Waals surface area contributed by atoms with Gasteiger partial charge < -0.3 is 15.5 Å². The molecule has 11 heteroatoms. The molecule has 0 bridgehead atoms. The van der Waals surface area contributed by atoms with Crippen molar-refractivity contribution in [2.24, 2.45) is 5.10 Å². The van der Waals surface area contributed by atoms with Gasteiger partial charge in [-0.05, 0) is 55.0 Å². The maximum absolute atomic E-state index is 11.9. The van der Waals surface area contributed by atoms with Crippen molar-refractivity contribution in [3.63, 3.8) is 0 Å². The number of benzene rings is 1. The van der Waals surface area contributed by atoms with E-state index in [1.807, 2.05) is 6.07 Å². The Bertz CT molecular complexity index is 899. The van der Waals surface area contributed by atoms with Gasteiger partial charge in [-0.15, -0.1) is 0 Å². The molecule has 1 aromatic carbocycles. The highest BCUT2D eigenvalue weighted by molar-refractivity contribution is 5.92. The molecule has 2 aromatic rings. The zero-order chi connectivity index (χ0) is 20.2. The van der Waals surface area contributed by atoms with Gasteiger partial charge in [0.1, 0.15) is 5.69 Å². The van der Waals surface area contributed by atoms with Crippen LogP contribution in [0.2, 0.25) is 0 Å². The number of hydrogen-bond donors (Lipinski definition) is 1. The van der Waals surface area contributed by atoms with Crippen molar-refractivity contribution in [2.45, 2.75) is 38.5 Å². The van der Waals surface area contributed by atoms with Crippen molar-refractivity contribution in [3.8, 4) is 0 Å². The average molecular weight is 399 g/mol. The number of piperidine rings is 2. The van der Waals surface area contributed by atoms with E-state index in [9.17, 15) is 10.1 Å². The Morgan fingerprint density at radius 2 is 1.62 bits per heavy atom. The van der Waals surface area contributed by atoms with E-state index in [0.717, 1.165) is 62.3 Å². The topological polar surface area (TPSA) is 132 Å². The number of nitro groups is 1. The summed E-state index contributed by atoms with van der Waals surface area (Å²) in [6.45, 7) is 3.53. The summed E-state index contributed by atoms with van der Waals surface area (Å²) >= 11 is 0.